The molecule has 1 aromatic rings. The van der Waals surface area contributed by atoms with Crippen molar-refractivity contribution in [2.24, 2.45) is 0 Å². The number of nitrogens with one attached hydrogen (secondary N) is 1. The SMILES string of the molecule is CONC(=O)CCc1ccc(OC)c(C(C)=O)c1. The molecule has 1 aromatic carbocycles. The zero-order valence-electron chi connectivity index (χ0n) is 10.8. The second kappa shape index (κ2) is 6.76. The largest absolute Gasteiger partial charge is 0.496 e. The zero-order chi connectivity index (χ0) is 13.5. The van der Waals surface area contributed by atoms with Crippen LogP contribution in [-0.4, -0.2) is 25.9 Å². The molecule has 0 aliphatic heterocycles. The summed E-state index contributed by atoms with van der Waals surface area (Å²) in [5, 5.41) is 0. The van der Waals surface area contributed by atoms with Crippen LogP contribution in [0.5, 0.6) is 5.75 Å². The number of carbonyl (C=O) groups excluding carboxylic acids is 2. The first-order chi connectivity index (χ1) is 8.58. The molecule has 0 bridgehead atoms. The Hall–Kier alpha value is -1.88. The molecule has 0 unspecified atom stereocenters. The van der Waals surface area contributed by atoms with Gasteiger partial charge in [0.15, 0.2) is 5.78 Å². The Balaban J connectivity index is 2.76. The number of ether oxygens (including phenoxy) is 1. The number of carbonyl (C=O) groups is 2. The zero-order valence-corrected chi connectivity index (χ0v) is 10.8. The molecule has 1 rings (SSSR count). The van der Waals surface area contributed by atoms with Gasteiger partial charge < -0.3 is 4.74 Å². The Morgan fingerprint density at radius 1 is 1.28 bits per heavy atom. The summed E-state index contributed by atoms with van der Waals surface area (Å²) < 4.78 is 5.11. The molecule has 5 nitrogen and oxygen atoms in total. The van der Waals surface area contributed by atoms with E-state index in [2.05, 4.69) is 10.3 Å². The lowest BCUT2D eigenvalue weighted by Gasteiger charge is -2.08. The summed E-state index contributed by atoms with van der Waals surface area (Å²) in [5.74, 6) is 0.292. The molecule has 0 fully saturated rings. The van der Waals surface area contributed by atoms with Crippen molar-refractivity contribution in [3.8, 4) is 5.75 Å². The Bertz CT molecular complexity index is 443. The number of hydrogen-bond donors (Lipinski definition) is 1. The van der Waals surface area contributed by atoms with E-state index in [1.165, 1.54) is 21.1 Å². The van der Waals surface area contributed by atoms with E-state index < -0.39 is 0 Å². The first-order valence-corrected chi connectivity index (χ1v) is 5.58. The standard InChI is InChI=1S/C13H17NO4/c1-9(15)11-8-10(4-6-12(11)17-2)5-7-13(16)14-18-3/h4,6,8H,5,7H2,1-3H3,(H,14,16). The second-order valence-corrected chi connectivity index (χ2v) is 3.82. The molecule has 18 heavy (non-hydrogen) atoms. The van der Waals surface area contributed by atoms with Gasteiger partial charge in [-0.3, -0.25) is 14.4 Å². The highest BCUT2D eigenvalue weighted by atomic mass is 16.6. The van der Waals surface area contributed by atoms with Gasteiger partial charge in [0.1, 0.15) is 5.75 Å². The predicted octanol–water partition coefficient (Wildman–Crippen LogP) is 1.51. The van der Waals surface area contributed by atoms with Crippen molar-refractivity contribution in [1.29, 1.82) is 0 Å². The summed E-state index contributed by atoms with van der Waals surface area (Å²) in [5.41, 5.74) is 3.68. The number of ketones is 1. The first kappa shape index (κ1) is 14.2. The lowest BCUT2D eigenvalue weighted by Crippen LogP contribution is -2.21. The van der Waals surface area contributed by atoms with Crippen molar-refractivity contribution in [2.75, 3.05) is 14.2 Å². The van der Waals surface area contributed by atoms with E-state index in [1.54, 1.807) is 12.1 Å². The summed E-state index contributed by atoms with van der Waals surface area (Å²) >= 11 is 0. The van der Waals surface area contributed by atoms with Crippen LogP contribution in [0.4, 0.5) is 0 Å². The molecule has 98 valence electrons. The van der Waals surface area contributed by atoms with Crippen LogP contribution in [0.1, 0.15) is 29.3 Å². The maximum absolute atomic E-state index is 11.4. The third kappa shape index (κ3) is 3.85. The van der Waals surface area contributed by atoms with Gasteiger partial charge in [-0.25, -0.2) is 5.48 Å². The fourth-order valence-electron chi connectivity index (χ4n) is 1.61. The van der Waals surface area contributed by atoms with Gasteiger partial charge in [-0.1, -0.05) is 6.07 Å². The van der Waals surface area contributed by atoms with Gasteiger partial charge in [0.2, 0.25) is 5.91 Å². The smallest absolute Gasteiger partial charge is 0.243 e. The van der Waals surface area contributed by atoms with Crippen LogP contribution in [-0.2, 0) is 16.1 Å². The average Bonchev–Trinajstić information content (AvgIpc) is 2.36. The molecular weight excluding hydrogens is 234 g/mol. The molecule has 0 spiro atoms. The summed E-state index contributed by atoms with van der Waals surface area (Å²) in [6, 6.07) is 5.33. The van der Waals surface area contributed by atoms with Gasteiger partial charge in [0.25, 0.3) is 0 Å². The third-order valence-electron chi connectivity index (χ3n) is 2.50. The van der Waals surface area contributed by atoms with Gasteiger partial charge in [0.05, 0.1) is 19.8 Å². The number of hydrogen-bond acceptors (Lipinski definition) is 4. The molecule has 1 amide bonds. The summed E-state index contributed by atoms with van der Waals surface area (Å²) in [4.78, 5) is 27.2. The van der Waals surface area contributed by atoms with Gasteiger partial charge in [-0.15, -0.1) is 0 Å². The third-order valence-corrected chi connectivity index (χ3v) is 2.50. The monoisotopic (exact) mass is 251 g/mol. The van der Waals surface area contributed by atoms with Gasteiger partial charge in [0, 0.05) is 6.42 Å². The highest BCUT2D eigenvalue weighted by Gasteiger charge is 2.09. The fraction of sp³-hybridized carbons (Fsp3) is 0.385. The molecule has 0 radical (unpaired) electrons. The van der Waals surface area contributed by atoms with Crippen molar-refractivity contribution >= 4 is 11.7 Å². The van der Waals surface area contributed by atoms with Crippen LogP contribution in [0.2, 0.25) is 0 Å². The van der Waals surface area contributed by atoms with Crippen LogP contribution in [0.3, 0.4) is 0 Å². The maximum Gasteiger partial charge on any atom is 0.243 e. The topological polar surface area (TPSA) is 64.6 Å². The molecule has 0 heterocycles. The Morgan fingerprint density at radius 2 is 2.00 bits per heavy atom. The Labute approximate surface area is 106 Å². The lowest BCUT2D eigenvalue weighted by molar-refractivity contribution is -0.131. The number of aryl methyl sites for hydroxylation is 1. The number of methoxy groups -OCH3 is 1. The molecule has 0 saturated heterocycles. The highest BCUT2D eigenvalue weighted by molar-refractivity contribution is 5.97. The molecule has 1 N–H and O–H groups in total. The first-order valence-electron chi connectivity index (χ1n) is 5.58. The number of benzene rings is 1. The van der Waals surface area contributed by atoms with Crippen LogP contribution in [0.25, 0.3) is 0 Å². The quantitative estimate of drug-likeness (QED) is 0.615. The predicted molar refractivity (Wildman–Crippen MR) is 66.5 cm³/mol. The molecule has 5 heteroatoms. The Morgan fingerprint density at radius 3 is 2.56 bits per heavy atom. The van der Waals surface area contributed by atoms with E-state index in [0.29, 0.717) is 24.2 Å². The number of amides is 1. The maximum atomic E-state index is 11.4. The van der Waals surface area contributed by atoms with Crippen LogP contribution in [0.15, 0.2) is 18.2 Å². The molecule has 0 aliphatic rings. The highest BCUT2D eigenvalue weighted by Crippen LogP contribution is 2.21. The van der Waals surface area contributed by atoms with Crippen LogP contribution < -0.4 is 10.2 Å². The fourth-order valence-corrected chi connectivity index (χ4v) is 1.61. The van der Waals surface area contributed by atoms with Crippen molar-refractivity contribution in [3.63, 3.8) is 0 Å². The minimum Gasteiger partial charge on any atom is -0.496 e. The molecular formula is C13H17NO4. The summed E-state index contributed by atoms with van der Waals surface area (Å²) in [7, 11) is 2.91. The second-order valence-electron chi connectivity index (χ2n) is 3.82. The minimum absolute atomic E-state index is 0.0601. The van der Waals surface area contributed by atoms with Gasteiger partial charge in [-0.2, -0.15) is 0 Å². The van der Waals surface area contributed by atoms with Gasteiger partial charge >= 0.3 is 0 Å². The van der Waals surface area contributed by atoms with Crippen molar-refractivity contribution < 1.29 is 19.2 Å². The van der Waals surface area contributed by atoms with E-state index in [4.69, 9.17) is 4.74 Å². The molecule has 0 saturated carbocycles. The number of Topliss-reactive ketones (excluding diaryl/α,β-unsaturated/α-hetero) is 1. The van der Waals surface area contributed by atoms with Crippen LogP contribution in [0, 0.1) is 0 Å². The normalized spacial score (nSPS) is 9.94. The summed E-state index contributed by atoms with van der Waals surface area (Å²) in [6.45, 7) is 1.49. The summed E-state index contributed by atoms with van der Waals surface area (Å²) in [6.07, 6.45) is 0.844. The lowest BCUT2D eigenvalue weighted by atomic mass is 10.0. The molecule has 0 atom stereocenters. The minimum atomic E-state index is -0.197. The van der Waals surface area contributed by atoms with Gasteiger partial charge in [-0.05, 0) is 31.0 Å². The van der Waals surface area contributed by atoms with E-state index in [-0.39, 0.29) is 11.7 Å². The van der Waals surface area contributed by atoms with E-state index in [1.807, 2.05) is 6.07 Å². The van der Waals surface area contributed by atoms with E-state index in [9.17, 15) is 9.59 Å². The van der Waals surface area contributed by atoms with E-state index in [0.717, 1.165) is 5.56 Å². The van der Waals surface area contributed by atoms with Crippen molar-refractivity contribution in [2.45, 2.75) is 19.8 Å². The number of hydroxylamine groups is 1. The van der Waals surface area contributed by atoms with Crippen LogP contribution >= 0.6 is 0 Å². The van der Waals surface area contributed by atoms with Crippen molar-refractivity contribution in [3.05, 3.63) is 29.3 Å². The average molecular weight is 251 g/mol. The number of rotatable bonds is 6. The molecule has 0 aliphatic carbocycles. The van der Waals surface area contributed by atoms with Crippen molar-refractivity contribution in [1.82, 2.24) is 5.48 Å². The van der Waals surface area contributed by atoms with E-state index >= 15 is 0 Å². The Kier molecular flexibility index (Phi) is 5.32. The molecule has 0 aromatic heterocycles.